The molecular weight excluding hydrogens is 270 g/mol. The third-order valence-corrected chi connectivity index (χ3v) is 4.12. The molecule has 0 aliphatic carbocycles. The van der Waals surface area contributed by atoms with Gasteiger partial charge in [0.05, 0.1) is 12.3 Å². The summed E-state index contributed by atoms with van der Waals surface area (Å²) >= 11 is 0. The molecule has 118 valence electrons. The van der Waals surface area contributed by atoms with Gasteiger partial charge in [0, 0.05) is 27.2 Å². The molecular formula is C14H25N5O2. The minimum absolute atomic E-state index is 0.0527. The van der Waals surface area contributed by atoms with Crippen LogP contribution in [0.3, 0.4) is 0 Å². The Morgan fingerprint density at radius 1 is 1.43 bits per heavy atom. The molecule has 0 atom stereocenters. The fraction of sp³-hybridized carbons (Fsp3) is 0.786. The van der Waals surface area contributed by atoms with Gasteiger partial charge in [-0.05, 0) is 38.8 Å². The molecule has 0 bridgehead atoms. The van der Waals surface area contributed by atoms with Crippen molar-refractivity contribution in [1.82, 2.24) is 25.2 Å². The number of aryl methyl sites for hydroxylation is 1. The van der Waals surface area contributed by atoms with Crippen molar-refractivity contribution < 1.29 is 9.53 Å². The number of aromatic amines is 1. The number of H-pyrrole nitrogens is 1. The predicted octanol–water partition coefficient (Wildman–Crippen LogP) is 0.544. The molecule has 0 saturated carbocycles. The molecule has 2 rings (SSSR count). The minimum Gasteiger partial charge on any atom is -0.383 e. The number of carbonyl (C=O) groups excluding carboxylic acids is 1. The summed E-state index contributed by atoms with van der Waals surface area (Å²) in [5.74, 6) is 0.507. The standard InChI is InChI=1S/C14H25N5O2/c1-11-13(16-17-15-11)14(20)18(2)10-12-4-6-19(7-5-12)8-9-21-3/h12H,4-10H2,1-3H3,(H,15,16,17). The van der Waals surface area contributed by atoms with E-state index in [1.165, 1.54) is 0 Å². The van der Waals surface area contributed by atoms with E-state index >= 15 is 0 Å². The second-order valence-corrected chi connectivity index (χ2v) is 5.72. The van der Waals surface area contributed by atoms with Crippen LogP contribution in [0, 0.1) is 12.8 Å². The van der Waals surface area contributed by atoms with Gasteiger partial charge in [0.25, 0.3) is 5.91 Å². The molecule has 1 aliphatic rings. The van der Waals surface area contributed by atoms with Crippen molar-refractivity contribution in [2.45, 2.75) is 19.8 Å². The summed E-state index contributed by atoms with van der Waals surface area (Å²) in [5, 5.41) is 10.3. The molecule has 7 heteroatoms. The lowest BCUT2D eigenvalue weighted by molar-refractivity contribution is 0.0718. The van der Waals surface area contributed by atoms with Crippen LogP contribution in [0.25, 0.3) is 0 Å². The Morgan fingerprint density at radius 2 is 2.14 bits per heavy atom. The SMILES string of the molecule is COCCN1CCC(CN(C)C(=O)c2n[nH]nc2C)CC1. The van der Waals surface area contributed by atoms with Gasteiger partial charge in [-0.15, -0.1) is 0 Å². The van der Waals surface area contributed by atoms with E-state index < -0.39 is 0 Å². The van der Waals surface area contributed by atoms with Crippen LogP contribution >= 0.6 is 0 Å². The maximum Gasteiger partial charge on any atom is 0.276 e. The topological polar surface area (TPSA) is 74.3 Å². The lowest BCUT2D eigenvalue weighted by atomic mass is 9.96. The molecule has 21 heavy (non-hydrogen) atoms. The molecule has 1 fully saturated rings. The van der Waals surface area contributed by atoms with E-state index in [1.54, 1.807) is 18.9 Å². The molecule has 1 aromatic rings. The molecule has 0 spiro atoms. The largest absolute Gasteiger partial charge is 0.383 e. The first-order chi connectivity index (χ1) is 10.1. The van der Waals surface area contributed by atoms with Crippen LogP contribution in [0.2, 0.25) is 0 Å². The highest BCUT2D eigenvalue weighted by Crippen LogP contribution is 2.18. The summed E-state index contributed by atoms with van der Waals surface area (Å²) in [6, 6.07) is 0. The van der Waals surface area contributed by atoms with Crippen LogP contribution in [-0.4, -0.2) is 78.1 Å². The van der Waals surface area contributed by atoms with Crippen LogP contribution < -0.4 is 0 Å². The molecule has 0 aromatic carbocycles. The Balaban J connectivity index is 1.78. The maximum atomic E-state index is 12.3. The first-order valence-electron chi connectivity index (χ1n) is 7.46. The normalized spacial score (nSPS) is 17.1. The Hall–Kier alpha value is -1.47. The first kappa shape index (κ1) is 15.9. The van der Waals surface area contributed by atoms with E-state index in [0.29, 0.717) is 17.3 Å². The number of hydrogen-bond donors (Lipinski definition) is 1. The molecule has 1 aliphatic heterocycles. The van der Waals surface area contributed by atoms with Gasteiger partial charge >= 0.3 is 0 Å². The van der Waals surface area contributed by atoms with Crippen LogP contribution in [0.5, 0.6) is 0 Å². The molecule has 2 heterocycles. The Kier molecular flexibility index (Phi) is 5.69. The third kappa shape index (κ3) is 4.25. The summed E-state index contributed by atoms with van der Waals surface area (Å²) < 4.78 is 5.11. The summed E-state index contributed by atoms with van der Waals surface area (Å²) in [6.45, 7) is 6.52. The zero-order valence-corrected chi connectivity index (χ0v) is 13.1. The number of nitrogens with zero attached hydrogens (tertiary/aromatic N) is 4. The summed E-state index contributed by atoms with van der Waals surface area (Å²) in [6.07, 6.45) is 2.25. The van der Waals surface area contributed by atoms with E-state index in [-0.39, 0.29) is 5.91 Å². The van der Waals surface area contributed by atoms with Gasteiger partial charge in [-0.3, -0.25) is 4.79 Å². The number of carbonyl (C=O) groups is 1. The molecule has 1 aromatic heterocycles. The average molecular weight is 295 g/mol. The molecule has 0 radical (unpaired) electrons. The predicted molar refractivity (Wildman–Crippen MR) is 79.1 cm³/mol. The summed E-state index contributed by atoms with van der Waals surface area (Å²) in [5.41, 5.74) is 1.08. The van der Waals surface area contributed by atoms with Gasteiger partial charge in [-0.25, -0.2) is 0 Å². The highest BCUT2D eigenvalue weighted by molar-refractivity contribution is 5.92. The number of amides is 1. The van der Waals surface area contributed by atoms with E-state index in [9.17, 15) is 4.79 Å². The van der Waals surface area contributed by atoms with Crippen molar-refractivity contribution in [3.05, 3.63) is 11.4 Å². The zero-order chi connectivity index (χ0) is 15.2. The van der Waals surface area contributed by atoms with Crippen LogP contribution in [-0.2, 0) is 4.74 Å². The van der Waals surface area contributed by atoms with Crippen LogP contribution in [0.4, 0.5) is 0 Å². The third-order valence-electron chi connectivity index (χ3n) is 4.12. The molecule has 1 amide bonds. The smallest absolute Gasteiger partial charge is 0.276 e. The van der Waals surface area contributed by atoms with E-state index in [0.717, 1.165) is 45.6 Å². The second kappa shape index (κ2) is 7.51. The highest BCUT2D eigenvalue weighted by Gasteiger charge is 2.24. The van der Waals surface area contributed by atoms with Crippen molar-refractivity contribution in [1.29, 1.82) is 0 Å². The van der Waals surface area contributed by atoms with E-state index in [4.69, 9.17) is 4.74 Å². The molecule has 7 nitrogen and oxygen atoms in total. The van der Waals surface area contributed by atoms with Crippen LogP contribution in [0.15, 0.2) is 0 Å². The Labute approximate surface area is 125 Å². The summed E-state index contributed by atoms with van der Waals surface area (Å²) in [7, 11) is 3.58. The molecule has 1 N–H and O–H groups in total. The lowest BCUT2D eigenvalue weighted by Crippen LogP contribution is -2.40. The molecule has 1 saturated heterocycles. The lowest BCUT2D eigenvalue weighted by Gasteiger charge is -2.33. The number of rotatable bonds is 6. The zero-order valence-electron chi connectivity index (χ0n) is 13.1. The fourth-order valence-electron chi connectivity index (χ4n) is 2.75. The number of ether oxygens (including phenoxy) is 1. The number of hydrogen-bond acceptors (Lipinski definition) is 5. The number of likely N-dealkylation sites (tertiary alicyclic amines) is 1. The first-order valence-corrected chi connectivity index (χ1v) is 7.46. The number of piperidine rings is 1. The van der Waals surface area contributed by atoms with Gasteiger partial charge in [-0.2, -0.15) is 15.4 Å². The Morgan fingerprint density at radius 3 is 2.71 bits per heavy atom. The van der Waals surface area contributed by atoms with Crippen molar-refractivity contribution in [2.75, 3.05) is 46.9 Å². The van der Waals surface area contributed by atoms with Crippen molar-refractivity contribution in [2.24, 2.45) is 5.92 Å². The van der Waals surface area contributed by atoms with Gasteiger partial charge in [0.1, 0.15) is 0 Å². The second-order valence-electron chi connectivity index (χ2n) is 5.72. The number of aromatic nitrogens is 3. The van der Waals surface area contributed by atoms with Crippen LogP contribution in [0.1, 0.15) is 29.0 Å². The van der Waals surface area contributed by atoms with Gasteiger partial charge in [0.2, 0.25) is 0 Å². The highest BCUT2D eigenvalue weighted by atomic mass is 16.5. The quantitative estimate of drug-likeness (QED) is 0.829. The van der Waals surface area contributed by atoms with Crippen molar-refractivity contribution in [3.63, 3.8) is 0 Å². The van der Waals surface area contributed by atoms with Crippen molar-refractivity contribution in [3.8, 4) is 0 Å². The molecule has 0 unspecified atom stereocenters. The average Bonchev–Trinajstić information content (AvgIpc) is 2.92. The summed E-state index contributed by atoms with van der Waals surface area (Å²) in [4.78, 5) is 16.5. The number of methoxy groups -OCH3 is 1. The monoisotopic (exact) mass is 295 g/mol. The van der Waals surface area contributed by atoms with Gasteiger partial charge in [-0.1, -0.05) is 0 Å². The van der Waals surface area contributed by atoms with Gasteiger partial charge < -0.3 is 14.5 Å². The Bertz CT molecular complexity index is 454. The minimum atomic E-state index is -0.0527. The fourth-order valence-corrected chi connectivity index (χ4v) is 2.75. The maximum absolute atomic E-state index is 12.3. The van der Waals surface area contributed by atoms with Gasteiger partial charge in [0.15, 0.2) is 5.69 Å². The van der Waals surface area contributed by atoms with E-state index in [1.807, 2.05) is 7.05 Å². The van der Waals surface area contributed by atoms with E-state index in [2.05, 4.69) is 20.3 Å². The van der Waals surface area contributed by atoms with Crippen molar-refractivity contribution >= 4 is 5.91 Å². The number of nitrogens with one attached hydrogen (secondary N) is 1.